The van der Waals surface area contributed by atoms with Crippen LogP contribution in [0.1, 0.15) is 29.2 Å². The molecule has 6 rings (SSSR count). The molecule has 170 valence electrons. The summed E-state index contributed by atoms with van der Waals surface area (Å²) < 4.78 is 0. The van der Waals surface area contributed by atoms with Crippen LogP contribution in [0.2, 0.25) is 0 Å². The Hall–Kier alpha value is -3.58. The Morgan fingerprint density at radius 3 is 2.56 bits per heavy atom. The number of carbonyl (C=O) groups is 3. The monoisotopic (exact) mass is 469 g/mol. The number of urea groups is 1. The van der Waals surface area contributed by atoms with Crippen molar-refractivity contribution < 1.29 is 14.4 Å². The minimum atomic E-state index is -1.07. The standard InChI is InChI=1S/C27H23N3O3S/c31-24(16-29-25(32)27(28-26(29)33)15-14-18-8-4-5-11-20(18)27)30-21-12-6-7-13-23(21)34-17-22(30)19-9-2-1-3-10-19/h1-13,22H,14-17H2,(H,28,33). The lowest BCUT2D eigenvalue weighted by molar-refractivity contribution is -0.134. The zero-order valence-electron chi connectivity index (χ0n) is 18.4. The first kappa shape index (κ1) is 21.0. The molecule has 34 heavy (non-hydrogen) atoms. The van der Waals surface area contributed by atoms with Crippen LogP contribution in [-0.2, 0) is 21.5 Å². The fourth-order valence-electron chi connectivity index (χ4n) is 5.36. The molecule has 1 fully saturated rings. The highest BCUT2D eigenvalue weighted by atomic mass is 32.2. The molecule has 2 heterocycles. The average Bonchev–Trinajstić information content (AvgIpc) is 3.36. The molecular formula is C27H23N3O3S. The Balaban J connectivity index is 1.33. The topological polar surface area (TPSA) is 69.7 Å². The van der Waals surface area contributed by atoms with E-state index >= 15 is 0 Å². The molecule has 1 spiro atoms. The number of nitrogens with one attached hydrogen (secondary N) is 1. The number of rotatable bonds is 3. The Bertz CT molecular complexity index is 1310. The van der Waals surface area contributed by atoms with Crippen molar-refractivity contribution in [2.75, 3.05) is 17.2 Å². The number of imide groups is 1. The quantitative estimate of drug-likeness (QED) is 0.582. The van der Waals surface area contributed by atoms with Crippen LogP contribution in [0.15, 0.2) is 83.8 Å². The van der Waals surface area contributed by atoms with Crippen LogP contribution in [-0.4, -0.2) is 35.0 Å². The minimum absolute atomic E-state index is 0.185. The molecule has 0 saturated carbocycles. The number of aryl methyl sites for hydroxylation is 1. The van der Waals surface area contributed by atoms with Gasteiger partial charge in [-0.3, -0.25) is 14.5 Å². The Morgan fingerprint density at radius 1 is 0.971 bits per heavy atom. The van der Waals surface area contributed by atoms with Crippen molar-refractivity contribution in [2.45, 2.75) is 29.3 Å². The second-order valence-electron chi connectivity index (χ2n) is 8.85. The first-order valence-electron chi connectivity index (χ1n) is 11.4. The third kappa shape index (κ3) is 3.15. The summed E-state index contributed by atoms with van der Waals surface area (Å²) in [5, 5.41) is 2.92. The summed E-state index contributed by atoms with van der Waals surface area (Å²) in [6.07, 6.45) is 1.23. The Morgan fingerprint density at radius 2 is 1.71 bits per heavy atom. The van der Waals surface area contributed by atoms with Crippen LogP contribution >= 0.6 is 11.8 Å². The molecule has 2 aliphatic heterocycles. The molecule has 3 aromatic carbocycles. The summed E-state index contributed by atoms with van der Waals surface area (Å²) in [6.45, 7) is -0.295. The number of hydrogen-bond donors (Lipinski definition) is 1. The normalized spacial score (nSPS) is 23.1. The molecule has 2 atom stereocenters. The Kier molecular flexibility index (Phi) is 4.95. The van der Waals surface area contributed by atoms with E-state index in [1.54, 1.807) is 16.7 Å². The SMILES string of the molecule is O=C1NC2(CCc3ccccc32)C(=O)N1CC(=O)N1c2ccccc2SCC1c1ccccc1. The minimum Gasteiger partial charge on any atom is -0.319 e. The number of carbonyl (C=O) groups excluding carboxylic acids is 3. The lowest BCUT2D eigenvalue weighted by Gasteiger charge is -2.37. The van der Waals surface area contributed by atoms with Crippen molar-refractivity contribution in [3.63, 3.8) is 0 Å². The molecule has 7 heteroatoms. The van der Waals surface area contributed by atoms with Gasteiger partial charge in [-0.05, 0) is 41.7 Å². The number of fused-ring (bicyclic) bond motifs is 3. The zero-order chi connectivity index (χ0) is 23.3. The van der Waals surface area contributed by atoms with Gasteiger partial charge in [0.2, 0.25) is 5.91 Å². The number of amides is 4. The van der Waals surface area contributed by atoms with Crippen molar-refractivity contribution in [3.05, 3.63) is 95.6 Å². The molecule has 3 aromatic rings. The van der Waals surface area contributed by atoms with E-state index < -0.39 is 11.6 Å². The molecule has 1 aliphatic carbocycles. The van der Waals surface area contributed by atoms with E-state index in [2.05, 4.69) is 5.32 Å². The smallest absolute Gasteiger partial charge is 0.319 e. The highest BCUT2D eigenvalue weighted by Crippen LogP contribution is 2.44. The van der Waals surface area contributed by atoms with Crippen LogP contribution in [0.25, 0.3) is 0 Å². The zero-order valence-corrected chi connectivity index (χ0v) is 19.3. The molecular weight excluding hydrogens is 446 g/mol. The van der Waals surface area contributed by atoms with Gasteiger partial charge in [0.25, 0.3) is 5.91 Å². The van der Waals surface area contributed by atoms with Gasteiger partial charge < -0.3 is 10.2 Å². The molecule has 3 aliphatic rings. The summed E-state index contributed by atoms with van der Waals surface area (Å²) in [5.41, 5.74) is 2.67. The first-order valence-corrected chi connectivity index (χ1v) is 12.4. The van der Waals surface area contributed by atoms with Crippen molar-refractivity contribution in [2.24, 2.45) is 0 Å². The van der Waals surface area contributed by atoms with Crippen LogP contribution < -0.4 is 10.2 Å². The molecule has 0 radical (unpaired) electrons. The first-order chi connectivity index (χ1) is 16.6. The number of benzene rings is 3. The molecule has 6 nitrogen and oxygen atoms in total. The number of nitrogens with zero attached hydrogens (tertiary/aromatic N) is 2. The van der Waals surface area contributed by atoms with Crippen molar-refractivity contribution in [3.8, 4) is 0 Å². The maximum absolute atomic E-state index is 13.8. The molecule has 0 aromatic heterocycles. The Labute approximate surface area is 201 Å². The van der Waals surface area contributed by atoms with Gasteiger partial charge in [-0.25, -0.2) is 4.79 Å². The van der Waals surface area contributed by atoms with E-state index in [9.17, 15) is 14.4 Å². The van der Waals surface area contributed by atoms with E-state index in [-0.39, 0.29) is 24.4 Å². The number of anilines is 1. The molecule has 1 N–H and O–H groups in total. The summed E-state index contributed by atoms with van der Waals surface area (Å²) in [7, 11) is 0. The number of thioether (sulfide) groups is 1. The van der Waals surface area contributed by atoms with Gasteiger partial charge in [0.1, 0.15) is 12.1 Å². The molecule has 2 unspecified atom stereocenters. The van der Waals surface area contributed by atoms with Gasteiger partial charge in [-0.2, -0.15) is 0 Å². The third-order valence-electron chi connectivity index (χ3n) is 7.00. The van der Waals surface area contributed by atoms with Crippen LogP contribution in [0.5, 0.6) is 0 Å². The highest BCUT2D eigenvalue weighted by Gasteiger charge is 2.55. The predicted octanol–water partition coefficient (Wildman–Crippen LogP) is 4.26. The van der Waals surface area contributed by atoms with Gasteiger partial charge >= 0.3 is 6.03 Å². The number of hydrogen-bond acceptors (Lipinski definition) is 4. The van der Waals surface area contributed by atoms with E-state index in [0.29, 0.717) is 12.2 Å². The van der Waals surface area contributed by atoms with Crippen molar-refractivity contribution in [1.82, 2.24) is 10.2 Å². The lowest BCUT2D eigenvalue weighted by atomic mass is 9.92. The van der Waals surface area contributed by atoms with Crippen LogP contribution in [0, 0.1) is 0 Å². The highest BCUT2D eigenvalue weighted by molar-refractivity contribution is 7.99. The third-order valence-corrected chi connectivity index (χ3v) is 8.14. The van der Waals surface area contributed by atoms with Gasteiger partial charge in [-0.1, -0.05) is 66.7 Å². The lowest BCUT2D eigenvalue weighted by Crippen LogP contribution is -2.47. The maximum Gasteiger partial charge on any atom is 0.325 e. The van der Waals surface area contributed by atoms with E-state index in [1.807, 2.05) is 78.9 Å². The molecule has 0 bridgehead atoms. The van der Waals surface area contributed by atoms with Gasteiger partial charge in [0.15, 0.2) is 0 Å². The fraction of sp³-hybridized carbons (Fsp3) is 0.222. The molecule has 4 amide bonds. The maximum atomic E-state index is 13.8. The van der Waals surface area contributed by atoms with E-state index in [4.69, 9.17) is 0 Å². The summed E-state index contributed by atoms with van der Waals surface area (Å²) in [5.74, 6) is 0.0877. The van der Waals surface area contributed by atoms with Crippen molar-refractivity contribution in [1.29, 1.82) is 0 Å². The largest absolute Gasteiger partial charge is 0.325 e. The van der Waals surface area contributed by atoms with Crippen molar-refractivity contribution >= 4 is 35.3 Å². The van der Waals surface area contributed by atoms with E-state index in [1.165, 1.54) is 0 Å². The second kappa shape index (κ2) is 8.02. The van der Waals surface area contributed by atoms with Gasteiger partial charge in [0.05, 0.1) is 11.7 Å². The van der Waals surface area contributed by atoms with Gasteiger partial charge in [0, 0.05) is 10.6 Å². The van der Waals surface area contributed by atoms with Crippen LogP contribution in [0.3, 0.4) is 0 Å². The van der Waals surface area contributed by atoms with E-state index in [0.717, 1.165) is 38.6 Å². The summed E-state index contributed by atoms with van der Waals surface area (Å²) in [6, 6.07) is 24.7. The molecule has 1 saturated heterocycles. The summed E-state index contributed by atoms with van der Waals surface area (Å²) in [4.78, 5) is 44.2. The number of para-hydroxylation sites is 1. The second-order valence-corrected chi connectivity index (χ2v) is 9.91. The van der Waals surface area contributed by atoms with Crippen LogP contribution in [0.4, 0.5) is 10.5 Å². The average molecular weight is 470 g/mol. The summed E-state index contributed by atoms with van der Waals surface area (Å²) >= 11 is 1.71. The predicted molar refractivity (Wildman–Crippen MR) is 131 cm³/mol. The van der Waals surface area contributed by atoms with Gasteiger partial charge in [-0.15, -0.1) is 11.8 Å². The fourth-order valence-corrected chi connectivity index (χ4v) is 6.53.